The first-order valence-corrected chi connectivity index (χ1v) is 16.2. The van der Waals surface area contributed by atoms with Crippen LogP contribution < -0.4 is 11.1 Å². The number of fused-ring (bicyclic) bond motifs is 5. The maximum Gasteiger partial charge on any atom is 0.303 e. The van der Waals surface area contributed by atoms with Crippen molar-refractivity contribution in [2.45, 2.75) is 50.5 Å². The minimum atomic E-state index is -0.796. The molecule has 2 unspecified atom stereocenters. The summed E-state index contributed by atoms with van der Waals surface area (Å²) in [6, 6.07) is 34.9. The zero-order valence-corrected chi connectivity index (χ0v) is 26.0. The molecule has 47 heavy (non-hydrogen) atoms. The molecule has 6 heteroatoms. The van der Waals surface area contributed by atoms with Crippen LogP contribution in [0.5, 0.6) is 0 Å². The van der Waals surface area contributed by atoms with Gasteiger partial charge in [-0.1, -0.05) is 78.9 Å². The van der Waals surface area contributed by atoms with Gasteiger partial charge in [0.1, 0.15) is 0 Å². The summed E-state index contributed by atoms with van der Waals surface area (Å²) in [5, 5.41) is 12.6. The lowest BCUT2D eigenvalue weighted by molar-refractivity contribution is -0.137. The molecule has 0 heterocycles. The van der Waals surface area contributed by atoms with Gasteiger partial charge in [-0.2, -0.15) is 0 Å². The van der Waals surface area contributed by atoms with Gasteiger partial charge < -0.3 is 16.2 Å². The van der Waals surface area contributed by atoms with Crippen LogP contribution in [0.3, 0.4) is 0 Å². The highest BCUT2D eigenvalue weighted by Gasteiger charge is 2.35. The average Bonchev–Trinajstić information content (AvgIpc) is 3.11. The second-order valence-corrected chi connectivity index (χ2v) is 12.5. The molecule has 7 rings (SSSR count). The Hall–Kier alpha value is -5.33. The van der Waals surface area contributed by atoms with Gasteiger partial charge in [-0.25, -0.2) is 0 Å². The molecular weight excluding hydrogens is 584 g/mol. The molecule has 234 valence electrons. The van der Waals surface area contributed by atoms with Crippen LogP contribution in [0.25, 0.3) is 22.3 Å². The monoisotopic (exact) mass is 620 g/mol. The maximum absolute atomic E-state index is 14.3. The fourth-order valence-electron chi connectivity index (χ4n) is 7.46. The molecule has 0 radical (unpaired) electrons. The molecule has 0 aromatic heterocycles. The van der Waals surface area contributed by atoms with Crippen LogP contribution in [0.2, 0.25) is 0 Å². The van der Waals surface area contributed by atoms with Crippen LogP contribution in [-0.4, -0.2) is 22.8 Å². The molecule has 0 bridgehead atoms. The number of ketones is 1. The molecule has 2 aliphatic carbocycles. The molecule has 5 aromatic rings. The van der Waals surface area contributed by atoms with Crippen LogP contribution in [-0.2, 0) is 24.2 Å². The van der Waals surface area contributed by atoms with Gasteiger partial charge in [0.05, 0.1) is 12.3 Å². The Morgan fingerprint density at radius 3 is 2.26 bits per heavy atom. The largest absolute Gasteiger partial charge is 0.481 e. The minimum absolute atomic E-state index is 0.0265. The van der Waals surface area contributed by atoms with Gasteiger partial charge in [-0.15, -0.1) is 0 Å². The molecule has 2 atom stereocenters. The van der Waals surface area contributed by atoms with E-state index in [0.717, 1.165) is 69.3 Å². The number of carbonyl (C=O) groups is 3. The number of hydrogen-bond donors (Lipinski definition) is 3. The van der Waals surface area contributed by atoms with Crippen LogP contribution in [0.4, 0.5) is 5.69 Å². The summed E-state index contributed by atoms with van der Waals surface area (Å²) in [6.07, 6.45) is 3.26. The topological polar surface area (TPSA) is 109 Å². The lowest BCUT2D eigenvalue weighted by Gasteiger charge is -2.34. The Bertz CT molecular complexity index is 2000. The molecule has 5 aromatic carbocycles. The fraction of sp³-hybridized carbons (Fsp3) is 0.195. The van der Waals surface area contributed by atoms with Crippen molar-refractivity contribution in [2.75, 3.05) is 5.32 Å². The number of benzene rings is 5. The molecule has 0 spiro atoms. The molecule has 0 fully saturated rings. The number of amides is 1. The summed E-state index contributed by atoms with van der Waals surface area (Å²) < 4.78 is 0. The molecule has 0 aliphatic heterocycles. The second kappa shape index (κ2) is 12.8. The van der Waals surface area contributed by atoms with Crippen molar-refractivity contribution in [1.29, 1.82) is 0 Å². The first kappa shape index (κ1) is 30.3. The zero-order valence-electron chi connectivity index (χ0n) is 26.0. The van der Waals surface area contributed by atoms with Gasteiger partial charge in [-0.05, 0) is 112 Å². The van der Waals surface area contributed by atoms with Gasteiger partial charge in [0.15, 0.2) is 5.78 Å². The van der Waals surface area contributed by atoms with Gasteiger partial charge in [0.2, 0.25) is 0 Å². The standard InChI is InChI=1S/C41H36N2O4/c42-24-25-12-14-26(15-13-25)31-8-3-4-10-36(31)41(47)43-30-18-16-27(17-19-30)40(46)37-22-28-6-1-2-9-32(28)35-21-20-33-29(23-38(44)45)7-5-11-34(33)39(35)37/h1-4,6,8-10,12-21,29,37H,5,7,11,22-24,42H2,(H,43,47)(H,44,45). The SMILES string of the molecule is NCc1ccc(-c2ccccc2C(=O)Nc2ccc(C(=O)C3Cc4ccccc4-c4ccc5c(c43)CCCC5CC(=O)O)cc2)cc1. The van der Waals surface area contributed by atoms with Crippen LogP contribution in [0.15, 0.2) is 109 Å². The zero-order chi connectivity index (χ0) is 32.5. The lowest BCUT2D eigenvalue weighted by Crippen LogP contribution is -2.25. The summed E-state index contributed by atoms with van der Waals surface area (Å²) in [6.45, 7) is 0.455. The number of carboxylic acids is 1. The van der Waals surface area contributed by atoms with Crippen molar-refractivity contribution >= 4 is 23.3 Å². The number of nitrogens with two attached hydrogens (primary N) is 1. The smallest absolute Gasteiger partial charge is 0.303 e. The second-order valence-electron chi connectivity index (χ2n) is 12.5. The Kier molecular flexibility index (Phi) is 8.27. The first-order valence-electron chi connectivity index (χ1n) is 16.2. The van der Waals surface area contributed by atoms with E-state index in [-0.39, 0.29) is 29.9 Å². The maximum atomic E-state index is 14.3. The van der Waals surface area contributed by atoms with Gasteiger partial charge in [0.25, 0.3) is 5.91 Å². The summed E-state index contributed by atoms with van der Waals surface area (Å²) in [7, 11) is 0. The third-order valence-corrected chi connectivity index (χ3v) is 9.73. The van der Waals surface area contributed by atoms with Gasteiger partial charge in [-0.3, -0.25) is 14.4 Å². The highest BCUT2D eigenvalue weighted by atomic mass is 16.4. The van der Waals surface area contributed by atoms with Crippen LogP contribution >= 0.6 is 0 Å². The first-order chi connectivity index (χ1) is 22.9. The normalized spacial score (nSPS) is 16.4. The Labute approximate surface area is 274 Å². The van der Waals surface area contributed by atoms with Gasteiger partial charge >= 0.3 is 5.97 Å². The number of hydrogen-bond acceptors (Lipinski definition) is 4. The number of anilines is 1. The predicted molar refractivity (Wildman–Crippen MR) is 185 cm³/mol. The van der Waals surface area contributed by atoms with E-state index < -0.39 is 5.97 Å². The van der Waals surface area contributed by atoms with Crippen LogP contribution in [0.1, 0.15) is 79.6 Å². The van der Waals surface area contributed by atoms with Crippen molar-refractivity contribution in [3.8, 4) is 22.3 Å². The molecule has 1 amide bonds. The molecule has 0 saturated carbocycles. The molecule has 2 aliphatic rings. The van der Waals surface area contributed by atoms with Crippen molar-refractivity contribution in [3.63, 3.8) is 0 Å². The van der Waals surface area contributed by atoms with Gasteiger partial charge in [0, 0.05) is 23.4 Å². The minimum Gasteiger partial charge on any atom is -0.481 e. The number of nitrogens with one attached hydrogen (secondary N) is 1. The highest BCUT2D eigenvalue weighted by Crippen LogP contribution is 2.47. The number of carboxylic acid groups (broad SMARTS) is 1. The number of rotatable bonds is 8. The molecule has 0 saturated heterocycles. The van der Waals surface area contributed by atoms with E-state index in [1.54, 1.807) is 30.3 Å². The number of aliphatic carboxylic acids is 1. The molecule has 6 nitrogen and oxygen atoms in total. The predicted octanol–water partition coefficient (Wildman–Crippen LogP) is 8.15. The van der Waals surface area contributed by atoms with Crippen molar-refractivity contribution in [3.05, 3.63) is 148 Å². The van der Waals surface area contributed by atoms with Crippen molar-refractivity contribution in [1.82, 2.24) is 0 Å². The van der Waals surface area contributed by atoms with E-state index >= 15 is 0 Å². The van der Waals surface area contributed by atoms with Crippen LogP contribution in [0, 0.1) is 0 Å². The van der Waals surface area contributed by atoms with Crippen molar-refractivity contribution < 1.29 is 19.5 Å². The Balaban J connectivity index is 1.17. The number of carbonyl (C=O) groups excluding carboxylic acids is 2. The molecular formula is C41H36N2O4. The van der Waals surface area contributed by atoms with Crippen molar-refractivity contribution in [2.24, 2.45) is 5.73 Å². The Morgan fingerprint density at radius 1 is 0.787 bits per heavy atom. The summed E-state index contributed by atoms with van der Waals surface area (Å²) in [4.78, 5) is 39.5. The van der Waals surface area contributed by atoms with E-state index in [4.69, 9.17) is 5.73 Å². The fourth-order valence-corrected chi connectivity index (χ4v) is 7.46. The summed E-state index contributed by atoms with van der Waals surface area (Å²) >= 11 is 0. The van der Waals surface area contributed by atoms with E-state index in [2.05, 4.69) is 29.6 Å². The van der Waals surface area contributed by atoms with E-state index in [1.165, 1.54) is 0 Å². The summed E-state index contributed by atoms with van der Waals surface area (Å²) in [5.41, 5.74) is 16.9. The highest BCUT2D eigenvalue weighted by molar-refractivity contribution is 6.09. The third-order valence-electron chi connectivity index (χ3n) is 9.73. The number of Topliss-reactive ketones (excluding diaryl/α,β-unsaturated/α-hetero) is 1. The average molecular weight is 621 g/mol. The van der Waals surface area contributed by atoms with E-state index in [9.17, 15) is 19.5 Å². The lowest BCUT2D eigenvalue weighted by atomic mass is 9.69. The van der Waals surface area contributed by atoms with E-state index in [0.29, 0.717) is 29.8 Å². The van der Waals surface area contributed by atoms with E-state index in [1.807, 2.05) is 54.6 Å². The Morgan fingerprint density at radius 2 is 1.51 bits per heavy atom. The third kappa shape index (κ3) is 5.88. The summed E-state index contributed by atoms with van der Waals surface area (Å²) in [5.74, 6) is -1.43. The quantitative estimate of drug-likeness (QED) is 0.152. The molecule has 4 N–H and O–H groups in total.